The van der Waals surface area contributed by atoms with Crippen molar-refractivity contribution in [3.05, 3.63) is 59.2 Å². The minimum absolute atomic E-state index is 0.0779. The van der Waals surface area contributed by atoms with Gasteiger partial charge in [-0.1, -0.05) is 31.2 Å². The van der Waals surface area contributed by atoms with Crippen molar-refractivity contribution in [2.45, 2.75) is 31.7 Å². The van der Waals surface area contributed by atoms with Crippen LogP contribution in [-0.4, -0.2) is 27.2 Å². The molecule has 0 aromatic heterocycles. The maximum absolute atomic E-state index is 12.5. The molecule has 6 nitrogen and oxygen atoms in total. The number of hydrogen-bond donors (Lipinski definition) is 2. The smallest absolute Gasteiger partial charge is 0.405 e. The highest BCUT2D eigenvalue weighted by atomic mass is 32.2. The number of amides is 1. The van der Waals surface area contributed by atoms with Crippen LogP contribution in [0.1, 0.15) is 28.4 Å². The van der Waals surface area contributed by atoms with Crippen LogP contribution in [0.5, 0.6) is 5.75 Å². The summed E-state index contributed by atoms with van der Waals surface area (Å²) in [4.78, 5) is 12.4. The molecule has 28 heavy (non-hydrogen) atoms. The normalized spacial score (nSPS) is 11.9. The molecule has 0 fully saturated rings. The van der Waals surface area contributed by atoms with Crippen LogP contribution < -0.4 is 14.8 Å². The van der Waals surface area contributed by atoms with E-state index in [0.717, 1.165) is 6.07 Å². The summed E-state index contributed by atoms with van der Waals surface area (Å²) in [7, 11) is -3.75. The van der Waals surface area contributed by atoms with Crippen LogP contribution in [0, 0.1) is 6.92 Å². The highest BCUT2D eigenvalue weighted by molar-refractivity contribution is 7.89. The topological polar surface area (TPSA) is 84.5 Å². The van der Waals surface area contributed by atoms with Gasteiger partial charge in [-0.3, -0.25) is 4.79 Å². The van der Waals surface area contributed by atoms with Crippen molar-refractivity contribution in [3.8, 4) is 5.75 Å². The Balaban J connectivity index is 2.21. The zero-order chi connectivity index (χ0) is 20.9. The molecule has 2 aromatic rings. The van der Waals surface area contributed by atoms with Crippen molar-refractivity contribution in [2.75, 3.05) is 6.54 Å². The molecule has 1 amide bonds. The fourth-order valence-electron chi connectivity index (χ4n) is 2.43. The average molecular weight is 416 g/mol. The summed E-state index contributed by atoms with van der Waals surface area (Å²) in [6, 6.07) is 9.51. The lowest BCUT2D eigenvalue weighted by atomic mass is 10.1. The quantitative estimate of drug-likeness (QED) is 0.726. The summed E-state index contributed by atoms with van der Waals surface area (Å²) < 4.78 is 67.9. The molecule has 0 aliphatic carbocycles. The molecule has 10 heteroatoms. The third kappa shape index (κ3) is 5.70. The fourth-order valence-corrected chi connectivity index (χ4v) is 3.50. The number of carbonyl (C=O) groups is 1. The summed E-state index contributed by atoms with van der Waals surface area (Å²) in [6.07, 6.45) is -4.86. The molecule has 2 rings (SSSR count). The second-order valence-electron chi connectivity index (χ2n) is 5.82. The molecule has 0 radical (unpaired) electrons. The van der Waals surface area contributed by atoms with E-state index in [1.807, 2.05) is 0 Å². The molecule has 0 atom stereocenters. The maximum Gasteiger partial charge on any atom is 0.573 e. The first-order chi connectivity index (χ1) is 13.0. The summed E-state index contributed by atoms with van der Waals surface area (Å²) in [5.41, 5.74) is 0.753. The number of aryl methyl sites for hydroxylation is 1. The van der Waals surface area contributed by atoms with Crippen molar-refractivity contribution in [1.82, 2.24) is 10.0 Å². The van der Waals surface area contributed by atoms with Crippen LogP contribution in [0.4, 0.5) is 13.2 Å². The van der Waals surface area contributed by atoms with E-state index in [0.29, 0.717) is 5.56 Å². The Kier molecular flexibility index (Phi) is 6.68. The molecule has 0 spiro atoms. The Morgan fingerprint density at radius 2 is 1.82 bits per heavy atom. The van der Waals surface area contributed by atoms with E-state index in [4.69, 9.17) is 0 Å². The van der Waals surface area contributed by atoms with Gasteiger partial charge in [-0.25, -0.2) is 13.1 Å². The number of para-hydroxylation sites is 1. The van der Waals surface area contributed by atoms with Crippen molar-refractivity contribution < 1.29 is 31.1 Å². The van der Waals surface area contributed by atoms with Gasteiger partial charge in [-0.2, -0.15) is 0 Å². The Morgan fingerprint density at radius 3 is 2.46 bits per heavy atom. The van der Waals surface area contributed by atoms with Gasteiger partial charge in [-0.05, 0) is 30.7 Å². The lowest BCUT2D eigenvalue weighted by Gasteiger charge is -2.14. The Hall–Kier alpha value is -2.59. The SMILES string of the molecule is CCNS(=O)(=O)c1ccc(C)c(C(=O)NCc2ccccc2OC(F)(F)F)c1. The number of nitrogens with one attached hydrogen (secondary N) is 2. The summed E-state index contributed by atoms with van der Waals surface area (Å²) in [5, 5.41) is 2.49. The predicted molar refractivity (Wildman–Crippen MR) is 96.3 cm³/mol. The molecular weight excluding hydrogens is 397 g/mol. The zero-order valence-electron chi connectivity index (χ0n) is 15.1. The van der Waals surface area contributed by atoms with E-state index in [-0.39, 0.29) is 29.1 Å². The van der Waals surface area contributed by atoms with Crippen molar-refractivity contribution in [3.63, 3.8) is 0 Å². The van der Waals surface area contributed by atoms with Gasteiger partial charge in [0.05, 0.1) is 4.90 Å². The van der Waals surface area contributed by atoms with Crippen molar-refractivity contribution >= 4 is 15.9 Å². The summed E-state index contributed by atoms with van der Waals surface area (Å²) >= 11 is 0. The molecule has 0 saturated carbocycles. The Labute approximate surface area is 160 Å². The standard InChI is InChI=1S/C18H19F3N2O4S/c1-3-23-28(25,26)14-9-8-12(2)15(10-14)17(24)22-11-13-6-4-5-7-16(13)27-18(19,20)21/h4-10,23H,3,11H2,1-2H3,(H,22,24). The number of carbonyl (C=O) groups excluding carboxylic acids is 1. The molecule has 152 valence electrons. The van der Waals surface area contributed by atoms with Crippen LogP contribution in [0.15, 0.2) is 47.4 Å². The molecule has 0 bridgehead atoms. The van der Waals surface area contributed by atoms with Crippen molar-refractivity contribution in [2.24, 2.45) is 0 Å². The molecule has 0 aliphatic rings. The number of halogens is 3. The number of benzene rings is 2. The van der Waals surface area contributed by atoms with Gasteiger partial charge in [0.15, 0.2) is 0 Å². The highest BCUT2D eigenvalue weighted by Gasteiger charge is 2.32. The van der Waals surface area contributed by atoms with Crippen LogP contribution in [0.25, 0.3) is 0 Å². The summed E-state index contributed by atoms with van der Waals surface area (Å²) in [6.45, 7) is 3.21. The first-order valence-electron chi connectivity index (χ1n) is 8.25. The lowest BCUT2D eigenvalue weighted by molar-refractivity contribution is -0.274. The van der Waals surface area contributed by atoms with Gasteiger partial charge < -0.3 is 10.1 Å². The summed E-state index contributed by atoms with van der Waals surface area (Å²) in [5.74, 6) is -1.04. The van der Waals surface area contributed by atoms with E-state index in [2.05, 4.69) is 14.8 Å². The molecular formula is C18H19F3N2O4S. The van der Waals surface area contributed by atoms with Gasteiger partial charge in [-0.15, -0.1) is 13.2 Å². The number of rotatable bonds is 7. The molecule has 2 aromatic carbocycles. The average Bonchev–Trinajstić information content (AvgIpc) is 2.59. The van der Waals surface area contributed by atoms with Crippen LogP contribution in [0.2, 0.25) is 0 Å². The molecule has 0 aliphatic heterocycles. The second kappa shape index (κ2) is 8.61. The van der Waals surface area contributed by atoms with Crippen LogP contribution >= 0.6 is 0 Å². The first-order valence-corrected chi connectivity index (χ1v) is 9.74. The van der Waals surface area contributed by atoms with E-state index in [9.17, 15) is 26.4 Å². The van der Waals surface area contributed by atoms with Gasteiger partial charge in [0.2, 0.25) is 10.0 Å². The van der Waals surface area contributed by atoms with Gasteiger partial charge >= 0.3 is 6.36 Å². The van der Waals surface area contributed by atoms with Crippen molar-refractivity contribution in [1.29, 1.82) is 0 Å². The maximum atomic E-state index is 12.5. The highest BCUT2D eigenvalue weighted by Crippen LogP contribution is 2.26. The Bertz CT molecular complexity index is 960. The number of sulfonamides is 1. The fraction of sp³-hybridized carbons (Fsp3) is 0.278. The van der Waals surface area contributed by atoms with E-state index in [1.54, 1.807) is 13.8 Å². The van der Waals surface area contributed by atoms with Crippen LogP contribution in [0.3, 0.4) is 0 Å². The zero-order valence-corrected chi connectivity index (χ0v) is 15.9. The lowest BCUT2D eigenvalue weighted by Crippen LogP contribution is -2.26. The Morgan fingerprint density at radius 1 is 1.14 bits per heavy atom. The van der Waals surface area contributed by atoms with E-state index < -0.39 is 28.0 Å². The number of alkyl halides is 3. The monoisotopic (exact) mass is 416 g/mol. The first kappa shape index (κ1) is 21.7. The van der Waals surface area contributed by atoms with Gasteiger partial charge in [0.25, 0.3) is 5.91 Å². The van der Waals surface area contributed by atoms with Gasteiger partial charge in [0, 0.05) is 24.2 Å². The van der Waals surface area contributed by atoms with Crippen LogP contribution in [-0.2, 0) is 16.6 Å². The third-order valence-electron chi connectivity index (χ3n) is 3.74. The molecule has 0 saturated heterocycles. The van der Waals surface area contributed by atoms with E-state index >= 15 is 0 Å². The minimum Gasteiger partial charge on any atom is -0.405 e. The predicted octanol–water partition coefficient (Wildman–Crippen LogP) is 3.12. The second-order valence-corrected chi connectivity index (χ2v) is 7.58. The number of hydrogen-bond acceptors (Lipinski definition) is 4. The third-order valence-corrected chi connectivity index (χ3v) is 5.28. The van der Waals surface area contributed by atoms with E-state index in [1.165, 1.54) is 36.4 Å². The van der Waals surface area contributed by atoms with Gasteiger partial charge in [0.1, 0.15) is 5.75 Å². The molecule has 0 unspecified atom stereocenters. The largest absolute Gasteiger partial charge is 0.573 e. The molecule has 2 N–H and O–H groups in total. The molecule has 0 heterocycles. The number of ether oxygens (including phenoxy) is 1. The minimum atomic E-state index is -4.86.